The molecule has 15 heavy (non-hydrogen) atoms. The van der Waals surface area contributed by atoms with Crippen molar-refractivity contribution in [1.82, 2.24) is 0 Å². The third-order valence-corrected chi connectivity index (χ3v) is 3.19. The van der Waals surface area contributed by atoms with E-state index in [2.05, 4.69) is 31.2 Å². The van der Waals surface area contributed by atoms with Gasteiger partial charge in [0.15, 0.2) is 0 Å². The minimum Gasteiger partial charge on any atom is -0.380 e. The quantitative estimate of drug-likeness (QED) is 0.818. The average molecular weight is 205 g/mol. The Kier molecular flexibility index (Phi) is 3.39. The number of ether oxygens (including phenoxy) is 1. The summed E-state index contributed by atoms with van der Waals surface area (Å²) in [6, 6.07) is 8.86. The molecule has 2 nitrogen and oxygen atoms in total. The Morgan fingerprint density at radius 2 is 2.27 bits per heavy atom. The summed E-state index contributed by atoms with van der Waals surface area (Å²) in [5, 5.41) is 0. The van der Waals surface area contributed by atoms with E-state index < -0.39 is 0 Å². The van der Waals surface area contributed by atoms with Crippen LogP contribution in [0, 0.1) is 0 Å². The van der Waals surface area contributed by atoms with Crippen LogP contribution in [-0.4, -0.2) is 19.8 Å². The van der Waals surface area contributed by atoms with Gasteiger partial charge in [0.1, 0.15) is 0 Å². The minimum atomic E-state index is 0.566. The van der Waals surface area contributed by atoms with Gasteiger partial charge in [-0.3, -0.25) is 0 Å². The van der Waals surface area contributed by atoms with Gasteiger partial charge >= 0.3 is 0 Å². The van der Waals surface area contributed by atoms with Crippen LogP contribution in [0.1, 0.15) is 36.3 Å². The molecule has 1 aliphatic heterocycles. The van der Waals surface area contributed by atoms with E-state index in [-0.39, 0.29) is 0 Å². The molecule has 0 radical (unpaired) electrons. The third kappa shape index (κ3) is 2.39. The fourth-order valence-electron chi connectivity index (χ4n) is 1.96. The van der Waals surface area contributed by atoms with E-state index >= 15 is 0 Å². The molecular formula is C13H19NO. The van der Waals surface area contributed by atoms with Crippen molar-refractivity contribution in [2.75, 3.05) is 19.8 Å². The predicted octanol–water partition coefficient (Wildman–Crippen LogP) is 2.25. The first-order valence-corrected chi connectivity index (χ1v) is 5.69. The molecule has 0 bridgehead atoms. The Bertz CT molecular complexity index is 320. The molecule has 0 aromatic heterocycles. The molecular weight excluding hydrogens is 186 g/mol. The second-order valence-electron chi connectivity index (χ2n) is 4.38. The lowest BCUT2D eigenvalue weighted by Gasteiger charge is -2.27. The Morgan fingerprint density at radius 3 is 2.87 bits per heavy atom. The van der Waals surface area contributed by atoms with Crippen molar-refractivity contribution in [3.63, 3.8) is 0 Å². The van der Waals surface area contributed by atoms with Crippen molar-refractivity contribution in [3.8, 4) is 0 Å². The normalized spacial score (nSPS) is 18.5. The van der Waals surface area contributed by atoms with Crippen molar-refractivity contribution in [2.24, 2.45) is 5.73 Å². The highest BCUT2D eigenvalue weighted by atomic mass is 16.5. The summed E-state index contributed by atoms with van der Waals surface area (Å²) in [7, 11) is 0. The number of hydrogen-bond acceptors (Lipinski definition) is 2. The van der Waals surface area contributed by atoms with Crippen LogP contribution in [0.5, 0.6) is 0 Å². The van der Waals surface area contributed by atoms with E-state index in [1.807, 2.05) is 0 Å². The number of rotatable bonds is 4. The highest BCUT2D eigenvalue weighted by Gasteiger charge is 2.20. The summed E-state index contributed by atoms with van der Waals surface area (Å²) in [5.41, 5.74) is 8.41. The second-order valence-corrected chi connectivity index (χ2v) is 4.38. The zero-order valence-electron chi connectivity index (χ0n) is 9.28. The zero-order chi connectivity index (χ0) is 10.7. The van der Waals surface area contributed by atoms with Gasteiger partial charge in [-0.25, -0.2) is 0 Å². The first-order chi connectivity index (χ1) is 7.31. The molecule has 1 atom stereocenters. The third-order valence-electron chi connectivity index (χ3n) is 3.19. The van der Waals surface area contributed by atoms with Crippen molar-refractivity contribution in [1.29, 1.82) is 0 Å². The highest BCUT2D eigenvalue weighted by molar-refractivity contribution is 5.29. The maximum atomic E-state index is 5.58. The fourth-order valence-corrected chi connectivity index (χ4v) is 1.96. The van der Waals surface area contributed by atoms with Gasteiger partial charge in [0.25, 0.3) is 0 Å². The first-order valence-electron chi connectivity index (χ1n) is 5.69. The monoisotopic (exact) mass is 205 g/mol. The molecule has 1 fully saturated rings. The number of benzene rings is 1. The maximum Gasteiger partial charge on any atom is 0.0557 e. The summed E-state index contributed by atoms with van der Waals surface area (Å²) >= 11 is 0. The van der Waals surface area contributed by atoms with Crippen molar-refractivity contribution in [2.45, 2.75) is 25.2 Å². The standard InChI is InChI=1S/C13H19NO/c1-10(5-6-14)11-3-2-4-12(7-11)13-8-15-9-13/h2-4,7,10,13H,5-6,8-9,14H2,1H3. The molecule has 0 aliphatic carbocycles. The topological polar surface area (TPSA) is 35.2 Å². The van der Waals surface area contributed by atoms with Crippen LogP contribution in [-0.2, 0) is 4.74 Å². The second kappa shape index (κ2) is 4.77. The molecule has 1 aromatic carbocycles. The SMILES string of the molecule is CC(CCN)c1cccc(C2COC2)c1. The summed E-state index contributed by atoms with van der Waals surface area (Å²) in [6.45, 7) is 4.77. The largest absolute Gasteiger partial charge is 0.380 e. The smallest absolute Gasteiger partial charge is 0.0557 e. The van der Waals surface area contributed by atoms with Gasteiger partial charge in [-0.2, -0.15) is 0 Å². The van der Waals surface area contributed by atoms with E-state index in [1.165, 1.54) is 11.1 Å². The van der Waals surface area contributed by atoms with Gasteiger partial charge in [-0.1, -0.05) is 31.2 Å². The van der Waals surface area contributed by atoms with Crippen LogP contribution in [0.25, 0.3) is 0 Å². The van der Waals surface area contributed by atoms with Crippen LogP contribution in [0.15, 0.2) is 24.3 Å². The molecule has 2 N–H and O–H groups in total. The number of hydrogen-bond donors (Lipinski definition) is 1. The Hall–Kier alpha value is -0.860. The van der Waals surface area contributed by atoms with E-state index in [0.29, 0.717) is 11.8 Å². The first kappa shape index (κ1) is 10.7. The predicted molar refractivity (Wildman–Crippen MR) is 62.1 cm³/mol. The van der Waals surface area contributed by atoms with Gasteiger partial charge in [-0.05, 0) is 30.0 Å². The lowest BCUT2D eigenvalue weighted by Crippen LogP contribution is -2.25. The van der Waals surface area contributed by atoms with Crippen LogP contribution in [0.4, 0.5) is 0 Å². The summed E-state index contributed by atoms with van der Waals surface area (Å²) in [5.74, 6) is 1.19. The van der Waals surface area contributed by atoms with Crippen LogP contribution >= 0.6 is 0 Å². The van der Waals surface area contributed by atoms with Crippen molar-refractivity contribution >= 4 is 0 Å². The van der Waals surface area contributed by atoms with Crippen molar-refractivity contribution < 1.29 is 4.74 Å². The molecule has 1 saturated heterocycles. The van der Waals surface area contributed by atoms with Crippen molar-refractivity contribution in [3.05, 3.63) is 35.4 Å². The molecule has 2 rings (SSSR count). The van der Waals surface area contributed by atoms with E-state index in [9.17, 15) is 0 Å². The molecule has 0 spiro atoms. The molecule has 2 heteroatoms. The van der Waals surface area contributed by atoms with Crippen LogP contribution in [0.3, 0.4) is 0 Å². The molecule has 1 aromatic rings. The minimum absolute atomic E-state index is 0.566. The number of nitrogens with two attached hydrogens (primary N) is 1. The molecule has 0 saturated carbocycles. The maximum absolute atomic E-state index is 5.58. The average Bonchev–Trinajstić information content (AvgIpc) is 2.16. The Morgan fingerprint density at radius 1 is 1.47 bits per heavy atom. The lowest BCUT2D eigenvalue weighted by atomic mass is 9.91. The van der Waals surface area contributed by atoms with Crippen LogP contribution < -0.4 is 5.73 Å². The Balaban J connectivity index is 2.10. The summed E-state index contributed by atoms with van der Waals surface area (Å²) in [6.07, 6.45) is 1.06. The van der Waals surface area contributed by atoms with E-state index in [1.54, 1.807) is 0 Å². The molecule has 0 amide bonds. The summed E-state index contributed by atoms with van der Waals surface area (Å²) < 4.78 is 5.22. The van der Waals surface area contributed by atoms with Crippen LogP contribution in [0.2, 0.25) is 0 Å². The van der Waals surface area contributed by atoms with E-state index in [4.69, 9.17) is 10.5 Å². The molecule has 1 unspecified atom stereocenters. The molecule has 1 heterocycles. The van der Waals surface area contributed by atoms with Gasteiger partial charge < -0.3 is 10.5 Å². The van der Waals surface area contributed by atoms with Gasteiger partial charge in [0.2, 0.25) is 0 Å². The zero-order valence-corrected chi connectivity index (χ0v) is 9.28. The lowest BCUT2D eigenvalue weighted by molar-refractivity contribution is 0.00839. The molecule has 1 aliphatic rings. The summed E-state index contributed by atoms with van der Waals surface area (Å²) in [4.78, 5) is 0. The van der Waals surface area contributed by atoms with Gasteiger partial charge in [-0.15, -0.1) is 0 Å². The highest BCUT2D eigenvalue weighted by Crippen LogP contribution is 2.27. The van der Waals surface area contributed by atoms with Gasteiger partial charge in [0, 0.05) is 5.92 Å². The Labute approximate surface area is 91.4 Å². The fraction of sp³-hybridized carbons (Fsp3) is 0.538. The van der Waals surface area contributed by atoms with Gasteiger partial charge in [0.05, 0.1) is 13.2 Å². The molecule has 82 valence electrons. The van der Waals surface area contributed by atoms with E-state index in [0.717, 1.165) is 26.2 Å².